The van der Waals surface area contributed by atoms with E-state index in [0.29, 0.717) is 32.6 Å². The monoisotopic (exact) mass is 470 g/mol. The topological polar surface area (TPSA) is 70.5 Å². The first-order valence-corrected chi connectivity index (χ1v) is 11.2. The van der Waals surface area contributed by atoms with Crippen LogP contribution in [0, 0.1) is 19.7 Å². The fourth-order valence-corrected chi connectivity index (χ4v) is 4.87. The first-order chi connectivity index (χ1) is 15.3. The zero-order chi connectivity index (χ0) is 23.0. The number of amides is 1. The Morgan fingerprint density at radius 1 is 1.16 bits per heavy atom. The summed E-state index contributed by atoms with van der Waals surface area (Å²) < 4.78 is 13.6. The van der Waals surface area contributed by atoms with Crippen LogP contribution in [-0.2, 0) is 11.2 Å². The second-order valence-corrected chi connectivity index (χ2v) is 9.21. The number of carbonyl (C=O) groups is 2. The predicted molar refractivity (Wildman–Crippen MR) is 122 cm³/mol. The van der Waals surface area contributed by atoms with Crippen molar-refractivity contribution in [2.24, 2.45) is 0 Å². The van der Waals surface area contributed by atoms with Crippen LogP contribution in [0.5, 0.6) is 0 Å². The number of ketones is 1. The van der Waals surface area contributed by atoms with Crippen molar-refractivity contribution in [1.29, 1.82) is 0 Å². The Labute approximate surface area is 193 Å². The van der Waals surface area contributed by atoms with Crippen LogP contribution in [0.4, 0.5) is 4.39 Å². The maximum absolute atomic E-state index is 13.6. The van der Waals surface area contributed by atoms with Crippen molar-refractivity contribution in [3.63, 3.8) is 0 Å². The van der Waals surface area contributed by atoms with Crippen LogP contribution in [0.1, 0.15) is 37.5 Å². The smallest absolute Gasteiger partial charge is 0.290 e. The molecule has 1 amide bonds. The minimum Gasteiger partial charge on any atom is -0.503 e. The first-order valence-electron chi connectivity index (χ1n) is 9.99. The summed E-state index contributed by atoms with van der Waals surface area (Å²) in [6.07, 6.45) is 0.494. The van der Waals surface area contributed by atoms with Gasteiger partial charge in [-0.05, 0) is 55.7 Å². The summed E-state index contributed by atoms with van der Waals surface area (Å²) in [5.41, 5.74) is 2.03. The Balaban J connectivity index is 1.72. The SMILES string of the molecule is Cc1nc(C)c(C(=O)C2=C(O)C(=O)N(CCc3ccc(Cl)cc3)C2c2ccc(F)cc2)s1. The number of hydrogen-bond acceptors (Lipinski definition) is 5. The Kier molecular flexibility index (Phi) is 6.13. The molecule has 1 aromatic heterocycles. The number of Topliss-reactive ketones (excluding diaryl/α,β-unsaturated/α-hetero) is 1. The van der Waals surface area contributed by atoms with Gasteiger partial charge in [-0.1, -0.05) is 35.9 Å². The lowest BCUT2D eigenvalue weighted by molar-refractivity contribution is -0.129. The molecule has 2 aromatic carbocycles. The highest BCUT2D eigenvalue weighted by atomic mass is 35.5. The number of aliphatic hydroxyl groups excluding tert-OH is 1. The number of aliphatic hydroxyl groups is 1. The fraction of sp³-hybridized carbons (Fsp3) is 0.208. The summed E-state index contributed by atoms with van der Waals surface area (Å²) in [5.74, 6) is -2.08. The molecule has 1 aliphatic heterocycles. The van der Waals surface area contributed by atoms with Gasteiger partial charge in [0.05, 0.1) is 27.2 Å². The fourth-order valence-electron chi connectivity index (χ4n) is 3.87. The van der Waals surface area contributed by atoms with Crippen LogP contribution in [0.15, 0.2) is 59.9 Å². The third-order valence-corrected chi connectivity index (χ3v) is 6.72. The summed E-state index contributed by atoms with van der Waals surface area (Å²) in [4.78, 5) is 32.6. The van der Waals surface area contributed by atoms with Gasteiger partial charge in [-0.3, -0.25) is 9.59 Å². The molecule has 32 heavy (non-hydrogen) atoms. The van der Waals surface area contributed by atoms with E-state index in [0.717, 1.165) is 5.56 Å². The van der Waals surface area contributed by atoms with E-state index in [9.17, 15) is 19.1 Å². The molecule has 0 bridgehead atoms. The standard InChI is InChI=1S/C24H20ClFN2O3S/c1-13-23(32-14(2)27-13)21(29)19-20(16-5-9-18(26)10-6-16)28(24(31)22(19)30)12-11-15-3-7-17(25)8-4-15/h3-10,20,30H,11-12H2,1-2H3. The minimum atomic E-state index is -0.829. The second kappa shape index (κ2) is 8.84. The Bertz CT molecular complexity index is 1220. The predicted octanol–water partition coefficient (Wildman–Crippen LogP) is 5.37. The molecular weight excluding hydrogens is 451 g/mol. The van der Waals surface area contributed by atoms with E-state index in [4.69, 9.17) is 11.6 Å². The van der Waals surface area contributed by atoms with Gasteiger partial charge < -0.3 is 10.0 Å². The molecule has 2 heterocycles. The number of aryl methyl sites for hydroxylation is 2. The number of benzene rings is 2. The number of thiazole rings is 1. The van der Waals surface area contributed by atoms with E-state index in [1.807, 2.05) is 12.1 Å². The maximum Gasteiger partial charge on any atom is 0.290 e. The third-order valence-electron chi connectivity index (χ3n) is 5.40. The summed E-state index contributed by atoms with van der Waals surface area (Å²) in [7, 11) is 0. The number of rotatable bonds is 6. The molecule has 1 aliphatic rings. The molecule has 8 heteroatoms. The van der Waals surface area contributed by atoms with Gasteiger partial charge >= 0.3 is 0 Å². The summed E-state index contributed by atoms with van der Waals surface area (Å²) in [6.45, 7) is 3.76. The van der Waals surface area contributed by atoms with E-state index in [2.05, 4.69) is 4.98 Å². The lowest BCUT2D eigenvalue weighted by Gasteiger charge is -2.27. The Morgan fingerprint density at radius 3 is 2.41 bits per heavy atom. The van der Waals surface area contributed by atoms with Gasteiger partial charge in [-0.25, -0.2) is 9.37 Å². The van der Waals surface area contributed by atoms with Crippen LogP contribution in [0.25, 0.3) is 0 Å². The molecule has 0 fully saturated rings. The molecule has 0 aliphatic carbocycles. The second-order valence-electron chi connectivity index (χ2n) is 7.57. The summed E-state index contributed by atoms with van der Waals surface area (Å²) in [5, 5.41) is 12.1. The van der Waals surface area contributed by atoms with Gasteiger partial charge in [0.25, 0.3) is 5.91 Å². The van der Waals surface area contributed by atoms with Crippen LogP contribution in [-0.4, -0.2) is 33.2 Å². The Hall–Kier alpha value is -3.03. The van der Waals surface area contributed by atoms with Crippen molar-refractivity contribution in [3.8, 4) is 0 Å². The van der Waals surface area contributed by atoms with Gasteiger partial charge in [0.2, 0.25) is 5.78 Å². The number of aromatic nitrogens is 1. The quantitative estimate of drug-likeness (QED) is 0.491. The van der Waals surface area contributed by atoms with Crippen molar-refractivity contribution < 1.29 is 19.1 Å². The average Bonchev–Trinajstić information content (AvgIpc) is 3.23. The van der Waals surface area contributed by atoms with Crippen molar-refractivity contribution in [2.75, 3.05) is 6.54 Å². The number of carbonyl (C=O) groups excluding carboxylic acids is 2. The molecular formula is C24H20ClFN2O3S. The molecule has 0 radical (unpaired) electrons. The lowest BCUT2D eigenvalue weighted by Crippen LogP contribution is -2.33. The number of nitrogens with zero attached hydrogens (tertiary/aromatic N) is 2. The summed E-state index contributed by atoms with van der Waals surface area (Å²) in [6, 6.07) is 12.0. The molecule has 5 nitrogen and oxygen atoms in total. The molecule has 0 spiro atoms. The number of hydrogen-bond donors (Lipinski definition) is 1. The van der Waals surface area contributed by atoms with Crippen LogP contribution in [0.2, 0.25) is 5.02 Å². The lowest BCUT2D eigenvalue weighted by atomic mass is 9.95. The highest BCUT2D eigenvalue weighted by Crippen LogP contribution is 2.40. The van der Waals surface area contributed by atoms with Crippen LogP contribution < -0.4 is 0 Å². The zero-order valence-corrected chi connectivity index (χ0v) is 19.0. The molecule has 164 valence electrons. The molecule has 1 atom stereocenters. The summed E-state index contributed by atoms with van der Waals surface area (Å²) >= 11 is 7.16. The number of halogens is 2. The van der Waals surface area contributed by atoms with Crippen molar-refractivity contribution in [3.05, 3.63) is 97.4 Å². The van der Waals surface area contributed by atoms with E-state index < -0.39 is 29.3 Å². The van der Waals surface area contributed by atoms with E-state index >= 15 is 0 Å². The van der Waals surface area contributed by atoms with Crippen molar-refractivity contribution >= 4 is 34.6 Å². The Morgan fingerprint density at radius 2 is 1.81 bits per heavy atom. The molecule has 3 aromatic rings. The van der Waals surface area contributed by atoms with Gasteiger partial charge in [0.15, 0.2) is 5.76 Å². The first kappa shape index (κ1) is 22.2. The van der Waals surface area contributed by atoms with Gasteiger partial charge in [0.1, 0.15) is 5.82 Å². The van der Waals surface area contributed by atoms with Gasteiger partial charge in [-0.15, -0.1) is 11.3 Å². The highest BCUT2D eigenvalue weighted by molar-refractivity contribution is 7.14. The largest absolute Gasteiger partial charge is 0.503 e. The van der Waals surface area contributed by atoms with Crippen LogP contribution in [0.3, 0.4) is 0 Å². The minimum absolute atomic E-state index is 0.00976. The highest BCUT2D eigenvalue weighted by Gasteiger charge is 2.44. The van der Waals surface area contributed by atoms with Crippen LogP contribution >= 0.6 is 22.9 Å². The van der Waals surface area contributed by atoms with Crippen molar-refractivity contribution in [1.82, 2.24) is 9.88 Å². The van der Waals surface area contributed by atoms with Crippen molar-refractivity contribution in [2.45, 2.75) is 26.3 Å². The van der Waals surface area contributed by atoms with E-state index in [-0.39, 0.29) is 12.1 Å². The maximum atomic E-state index is 13.6. The van der Waals surface area contributed by atoms with E-state index in [1.54, 1.807) is 26.0 Å². The average molecular weight is 471 g/mol. The normalized spacial score (nSPS) is 16.2. The van der Waals surface area contributed by atoms with Gasteiger partial charge in [-0.2, -0.15) is 0 Å². The third kappa shape index (κ3) is 4.18. The molecule has 0 saturated heterocycles. The molecule has 0 saturated carbocycles. The zero-order valence-electron chi connectivity index (χ0n) is 17.4. The molecule has 1 N–H and O–H groups in total. The molecule has 4 rings (SSSR count). The molecule has 1 unspecified atom stereocenters. The van der Waals surface area contributed by atoms with E-state index in [1.165, 1.54) is 40.5 Å². The van der Waals surface area contributed by atoms with Gasteiger partial charge in [0, 0.05) is 11.6 Å².